The molecule has 1 aliphatic heterocycles. The van der Waals surface area contributed by atoms with Gasteiger partial charge < -0.3 is 9.47 Å². The maximum absolute atomic E-state index is 12.6. The van der Waals surface area contributed by atoms with Gasteiger partial charge >= 0.3 is 6.18 Å². The van der Waals surface area contributed by atoms with Crippen molar-refractivity contribution in [3.63, 3.8) is 0 Å². The third-order valence-electron chi connectivity index (χ3n) is 3.44. The molecule has 1 fully saturated rings. The molecule has 1 saturated heterocycles. The molecule has 0 saturated carbocycles. The van der Waals surface area contributed by atoms with Gasteiger partial charge in [-0.2, -0.15) is 13.2 Å². The van der Waals surface area contributed by atoms with E-state index in [1.807, 2.05) is 6.20 Å². The first-order chi connectivity index (χ1) is 8.79. The zero-order chi connectivity index (χ0) is 14.2. The lowest BCUT2D eigenvalue weighted by Crippen LogP contribution is -2.42. The van der Waals surface area contributed by atoms with Gasteiger partial charge in [0.05, 0.1) is 5.92 Å². The third kappa shape index (κ3) is 3.24. The van der Waals surface area contributed by atoms with Crippen molar-refractivity contribution in [2.45, 2.75) is 19.0 Å². The van der Waals surface area contributed by atoms with Crippen LogP contribution in [0.25, 0.3) is 0 Å². The topological polar surface area (TPSA) is 25.2 Å². The van der Waals surface area contributed by atoms with E-state index in [2.05, 4.69) is 22.6 Å². The summed E-state index contributed by atoms with van der Waals surface area (Å²) in [6, 6.07) is 1.75. The van der Waals surface area contributed by atoms with Gasteiger partial charge in [-0.3, -0.25) is 4.79 Å². The standard InChI is InChI=1S/C12H14F3IN2O/c1-17-7-9(16)6-10(17)11(19)18-4-2-8(3-5-18)12(13,14)15/h6-8H,2-5H2,1H3. The van der Waals surface area contributed by atoms with E-state index in [-0.39, 0.29) is 31.8 Å². The van der Waals surface area contributed by atoms with Gasteiger partial charge in [-0.1, -0.05) is 0 Å². The van der Waals surface area contributed by atoms with E-state index in [1.165, 1.54) is 4.90 Å². The molecule has 0 N–H and O–H groups in total. The molecule has 7 heteroatoms. The summed E-state index contributed by atoms with van der Waals surface area (Å²) in [4.78, 5) is 13.7. The molecule has 106 valence electrons. The van der Waals surface area contributed by atoms with Crippen LogP contribution in [0.2, 0.25) is 0 Å². The highest BCUT2D eigenvalue weighted by Crippen LogP contribution is 2.34. The average Bonchev–Trinajstić information content (AvgIpc) is 2.66. The highest BCUT2D eigenvalue weighted by Gasteiger charge is 2.41. The van der Waals surface area contributed by atoms with Crippen molar-refractivity contribution in [2.24, 2.45) is 13.0 Å². The fraction of sp³-hybridized carbons (Fsp3) is 0.583. The highest BCUT2D eigenvalue weighted by molar-refractivity contribution is 14.1. The molecule has 1 aromatic rings. The van der Waals surface area contributed by atoms with E-state index in [1.54, 1.807) is 17.7 Å². The molecular formula is C12H14F3IN2O. The van der Waals surface area contributed by atoms with Gasteiger partial charge in [-0.15, -0.1) is 0 Å². The lowest BCUT2D eigenvalue weighted by atomic mass is 9.96. The Morgan fingerprint density at radius 2 is 1.95 bits per heavy atom. The summed E-state index contributed by atoms with van der Waals surface area (Å²) in [7, 11) is 1.76. The van der Waals surface area contributed by atoms with E-state index in [0.29, 0.717) is 5.69 Å². The highest BCUT2D eigenvalue weighted by atomic mass is 127. The number of aryl methyl sites for hydroxylation is 1. The number of alkyl halides is 3. The quantitative estimate of drug-likeness (QED) is 0.682. The van der Waals surface area contributed by atoms with E-state index >= 15 is 0 Å². The zero-order valence-electron chi connectivity index (χ0n) is 10.4. The number of likely N-dealkylation sites (tertiary alicyclic amines) is 1. The summed E-state index contributed by atoms with van der Waals surface area (Å²) in [6.07, 6.45) is -2.33. The molecule has 2 heterocycles. The molecule has 1 amide bonds. The second kappa shape index (κ2) is 5.34. The Bertz CT molecular complexity index is 476. The van der Waals surface area contributed by atoms with E-state index in [4.69, 9.17) is 0 Å². The van der Waals surface area contributed by atoms with Crippen LogP contribution in [0.15, 0.2) is 12.3 Å². The number of nitrogens with zero attached hydrogens (tertiary/aromatic N) is 2. The molecule has 0 spiro atoms. The molecule has 1 aliphatic rings. The first kappa shape index (κ1) is 14.7. The Morgan fingerprint density at radius 3 is 2.37 bits per heavy atom. The number of halogens is 4. The van der Waals surface area contributed by atoms with Crippen molar-refractivity contribution < 1.29 is 18.0 Å². The van der Waals surface area contributed by atoms with Crippen molar-refractivity contribution in [1.29, 1.82) is 0 Å². The minimum atomic E-state index is -4.14. The molecule has 0 unspecified atom stereocenters. The Kier molecular flexibility index (Phi) is 4.12. The summed E-state index contributed by atoms with van der Waals surface area (Å²) < 4.78 is 40.3. The number of aromatic nitrogens is 1. The van der Waals surface area contributed by atoms with Crippen LogP contribution < -0.4 is 0 Å². The Labute approximate surface area is 122 Å². The van der Waals surface area contributed by atoms with Crippen LogP contribution in [0.4, 0.5) is 13.2 Å². The third-order valence-corrected chi connectivity index (χ3v) is 4.03. The van der Waals surface area contributed by atoms with E-state index in [0.717, 1.165) is 3.57 Å². The molecular weight excluding hydrogens is 372 g/mol. The Hall–Kier alpha value is -0.730. The maximum Gasteiger partial charge on any atom is 0.391 e. The van der Waals surface area contributed by atoms with Crippen molar-refractivity contribution >= 4 is 28.5 Å². The van der Waals surface area contributed by atoms with Crippen molar-refractivity contribution in [1.82, 2.24) is 9.47 Å². The Morgan fingerprint density at radius 1 is 1.37 bits per heavy atom. The van der Waals surface area contributed by atoms with Gasteiger partial charge in [0, 0.05) is 29.9 Å². The number of carbonyl (C=O) groups is 1. The van der Waals surface area contributed by atoms with Crippen LogP contribution in [0.5, 0.6) is 0 Å². The largest absolute Gasteiger partial charge is 0.391 e. The molecule has 19 heavy (non-hydrogen) atoms. The Balaban J connectivity index is 2.02. The van der Waals surface area contributed by atoms with Gasteiger partial charge in [0.15, 0.2) is 0 Å². The van der Waals surface area contributed by atoms with Crippen molar-refractivity contribution in [3.8, 4) is 0 Å². The molecule has 3 nitrogen and oxygen atoms in total. The maximum atomic E-state index is 12.6. The number of carbonyl (C=O) groups excluding carboxylic acids is 1. The fourth-order valence-electron chi connectivity index (χ4n) is 2.31. The first-order valence-corrected chi connectivity index (χ1v) is 7.05. The lowest BCUT2D eigenvalue weighted by Gasteiger charge is -2.32. The summed E-state index contributed by atoms with van der Waals surface area (Å²) >= 11 is 2.10. The number of piperidine rings is 1. The van der Waals surface area contributed by atoms with Crippen LogP contribution in [0, 0.1) is 9.49 Å². The van der Waals surface area contributed by atoms with Gasteiger partial charge in [0.25, 0.3) is 5.91 Å². The van der Waals surface area contributed by atoms with Gasteiger partial charge in [-0.05, 0) is 41.5 Å². The monoisotopic (exact) mass is 386 g/mol. The average molecular weight is 386 g/mol. The fourth-order valence-corrected chi connectivity index (χ4v) is 3.02. The normalized spacial score (nSPS) is 17.8. The van der Waals surface area contributed by atoms with Gasteiger partial charge in [0.1, 0.15) is 5.69 Å². The molecule has 0 radical (unpaired) electrons. The van der Waals surface area contributed by atoms with E-state index < -0.39 is 12.1 Å². The molecule has 0 bridgehead atoms. The second-order valence-corrected chi connectivity index (χ2v) is 6.01. The number of hydrogen-bond donors (Lipinski definition) is 0. The van der Waals surface area contributed by atoms with Gasteiger partial charge in [-0.25, -0.2) is 0 Å². The number of hydrogen-bond acceptors (Lipinski definition) is 1. The van der Waals surface area contributed by atoms with Crippen LogP contribution in [-0.2, 0) is 7.05 Å². The summed E-state index contributed by atoms with van der Waals surface area (Å²) in [6.45, 7) is 0.343. The van der Waals surface area contributed by atoms with Crippen LogP contribution in [0.3, 0.4) is 0 Å². The number of amides is 1. The predicted molar refractivity (Wildman–Crippen MR) is 72.8 cm³/mol. The first-order valence-electron chi connectivity index (χ1n) is 5.97. The molecule has 1 aromatic heterocycles. The molecule has 0 atom stereocenters. The van der Waals surface area contributed by atoms with Gasteiger partial charge in [0.2, 0.25) is 0 Å². The predicted octanol–water partition coefficient (Wildman–Crippen LogP) is 3.04. The van der Waals surface area contributed by atoms with Crippen LogP contribution >= 0.6 is 22.6 Å². The second-order valence-electron chi connectivity index (χ2n) is 4.76. The van der Waals surface area contributed by atoms with Crippen molar-refractivity contribution in [3.05, 3.63) is 21.5 Å². The lowest BCUT2D eigenvalue weighted by molar-refractivity contribution is -0.183. The molecule has 0 aromatic carbocycles. The smallest absolute Gasteiger partial charge is 0.346 e. The minimum Gasteiger partial charge on any atom is -0.346 e. The van der Waals surface area contributed by atoms with E-state index in [9.17, 15) is 18.0 Å². The number of rotatable bonds is 1. The summed E-state index contributed by atoms with van der Waals surface area (Å²) in [5.41, 5.74) is 0.523. The van der Waals surface area contributed by atoms with Crippen LogP contribution in [-0.4, -0.2) is 34.6 Å². The SMILES string of the molecule is Cn1cc(I)cc1C(=O)N1CCC(C(F)(F)F)CC1. The summed E-state index contributed by atoms with van der Waals surface area (Å²) in [5, 5.41) is 0. The minimum absolute atomic E-state index is 0.00322. The van der Waals surface area contributed by atoms with Crippen molar-refractivity contribution in [2.75, 3.05) is 13.1 Å². The zero-order valence-corrected chi connectivity index (χ0v) is 12.5. The van der Waals surface area contributed by atoms with Crippen LogP contribution in [0.1, 0.15) is 23.3 Å². The molecule has 2 rings (SSSR count). The molecule has 0 aliphatic carbocycles. The summed E-state index contributed by atoms with van der Waals surface area (Å²) in [5.74, 6) is -1.46.